The van der Waals surface area contributed by atoms with Crippen LogP contribution in [0.1, 0.15) is 79.3 Å². The number of hydrogen-bond acceptors (Lipinski definition) is 2. The standard InChI is InChI=1S/C19H31N3/c1-17(2,3)11-10-21-16(20)13-12(11)14(18(4,5)6)22-15(13)19(7,8)9/h10,22H,1-9H3,(H2,20,21). The largest absolute Gasteiger partial charge is 0.383 e. The Balaban J connectivity index is 3.06. The molecule has 2 aromatic rings. The topological polar surface area (TPSA) is 54.7 Å². The minimum Gasteiger partial charge on any atom is -0.383 e. The van der Waals surface area contributed by atoms with Crippen molar-refractivity contribution >= 4 is 16.6 Å². The van der Waals surface area contributed by atoms with Crippen LogP contribution in [-0.2, 0) is 16.2 Å². The van der Waals surface area contributed by atoms with E-state index in [1.54, 1.807) is 0 Å². The number of anilines is 1. The number of rotatable bonds is 0. The van der Waals surface area contributed by atoms with Gasteiger partial charge in [-0.25, -0.2) is 4.98 Å². The number of nitrogens with zero attached hydrogens (tertiary/aromatic N) is 1. The number of aromatic amines is 1. The molecule has 0 amide bonds. The summed E-state index contributed by atoms with van der Waals surface area (Å²) in [4.78, 5) is 8.20. The summed E-state index contributed by atoms with van der Waals surface area (Å²) in [7, 11) is 0. The van der Waals surface area contributed by atoms with Crippen molar-refractivity contribution in [3.05, 3.63) is 23.1 Å². The summed E-state index contributed by atoms with van der Waals surface area (Å²) < 4.78 is 0. The third-order valence-corrected chi connectivity index (χ3v) is 4.17. The van der Waals surface area contributed by atoms with E-state index in [2.05, 4.69) is 72.3 Å². The van der Waals surface area contributed by atoms with Crippen LogP contribution in [0.15, 0.2) is 6.20 Å². The molecule has 122 valence electrons. The third-order valence-electron chi connectivity index (χ3n) is 4.17. The van der Waals surface area contributed by atoms with E-state index in [0.29, 0.717) is 5.82 Å². The summed E-state index contributed by atoms with van der Waals surface area (Å²) in [5, 5.41) is 2.36. The first-order valence-corrected chi connectivity index (χ1v) is 8.06. The maximum absolute atomic E-state index is 6.29. The van der Waals surface area contributed by atoms with Gasteiger partial charge in [0.2, 0.25) is 0 Å². The van der Waals surface area contributed by atoms with Crippen molar-refractivity contribution in [3.8, 4) is 0 Å². The highest BCUT2D eigenvalue weighted by atomic mass is 14.9. The third kappa shape index (κ3) is 2.73. The number of nitrogens with two attached hydrogens (primary N) is 1. The van der Waals surface area contributed by atoms with Crippen LogP contribution in [0.5, 0.6) is 0 Å². The molecule has 0 spiro atoms. The number of H-pyrrole nitrogens is 1. The van der Waals surface area contributed by atoms with Gasteiger partial charge in [-0.3, -0.25) is 0 Å². The van der Waals surface area contributed by atoms with E-state index in [9.17, 15) is 0 Å². The molecule has 2 rings (SSSR count). The second kappa shape index (κ2) is 4.74. The fraction of sp³-hybridized carbons (Fsp3) is 0.632. The van der Waals surface area contributed by atoms with Gasteiger partial charge in [-0.15, -0.1) is 0 Å². The van der Waals surface area contributed by atoms with Crippen molar-refractivity contribution in [1.82, 2.24) is 9.97 Å². The van der Waals surface area contributed by atoms with Crippen LogP contribution in [0.3, 0.4) is 0 Å². The van der Waals surface area contributed by atoms with Crippen molar-refractivity contribution in [2.24, 2.45) is 0 Å². The van der Waals surface area contributed by atoms with Gasteiger partial charge in [0.05, 0.1) is 0 Å². The van der Waals surface area contributed by atoms with E-state index < -0.39 is 0 Å². The average Bonchev–Trinajstić information content (AvgIpc) is 2.67. The quantitative estimate of drug-likeness (QED) is 0.716. The van der Waals surface area contributed by atoms with E-state index in [-0.39, 0.29) is 16.2 Å². The molecule has 0 saturated carbocycles. The molecule has 0 fully saturated rings. The molecule has 3 N–H and O–H groups in total. The molecule has 0 bridgehead atoms. The first kappa shape index (κ1) is 16.9. The van der Waals surface area contributed by atoms with E-state index in [1.165, 1.54) is 22.3 Å². The number of nitrogen functional groups attached to an aromatic ring is 1. The molecule has 2 heterocycles. The van der Waals surface area contributed by atoms with E-state index in [0.717, 1.165) is 5.39 Å². The van der Waals surface area contributed by atoms with Crippen molar-refractivity contribution in [1.29, 1.82) is 0 Å². The van der Waals surface area contributed by atoms with Crippen LogP contribution in [0, 0.1) is 0 Å². The Kier molecular flexibility index (Phi) is 3.63. The first-order valence-electron chi connectivity index (χ1n) is 8.06. The summed E-state index contributed by atoms with van der Waals surface area (Å²) in [6.07, 6.45) is 1.95. The number of aromatic nitrogens is 2. The maximum Gasteiger partial charge on any atom is 0.133 e. The molecule has 3 nitrogen and oxygen atoms in total. The Bertz CT molecular complexity index is 701. The molecule has 0 unspecified atom stereocenters. The highest BCUT2D eigenvalue weighted by molar-refractivity contribution is 5.99. The predicted molar refractivity (Wildman–Crippen MR) is 96.6 cm³/mol. The van der Waals surface area contributed by atoms with Crippen LogP contribution in [0.4, 0.5) is 5.82 Å². The molecule has 22 heavy (non-hydrogen) atoms. The van der Waals surface area contributed by atoms with Gasteiger partial charge in [0.15, 0.2) is 0 Å². The molecule has 0 aliphatic carbocycles. The Labute approximate surface area is 134 Å². The lowest BCUT2D eigenvalue weighted by atomic mass is 9.80. The van der Waals surface area contributed by atoms with Crippen LogP contribution in [0.25, 0.3) is 10.8 Å². The fourth-order valence-corrected chi connectivity index (χ4v) is 2.98. The lowest BCUT2D eigenvalue weighted by Crippen LogP contribution is -2.17. The molecule has 3 heteroatoms. The Morgan fingerprint density at radius 2 is 1.23 bits per heavy atom. The molecule has 2 aromatic heterocycles. The Morgan fingerprint density at radius 1 is 0.773 bits per heavy atom. The van der Waals surface area contributed by atoms with Gasteiger partial charge in [0.1, 0.15) is 5.82 Å². The molecular formula is C19H31N3. The van der Waals surface area contributed by atoms with E-state index in [1.807, 2.05) is 6.20 Å². The number of nitrogens with one attached hydrogen (secondary N) is 1. The van der Waals surface area contributed by atoms with Crippen molar-refractivity contribution in [3.63, 3.8) is 0 Å². The van der Waals surface area contributed by atoms with Gasteiger partial charge in [-0.05, 0) is 11.0 Å². The second-order valence-corrected chi connectivity index (χ2v) is 9.43. The minimum absolute atomic E-state index is 0.00590. The summed E-state index contributed by atoms with van der Waals surface area (Å²) >= 11 is 0. The van der Waals surface area contributed by atoms with Crippen LogP contribution >= 0.6 is 0 Å². The van der Waals surface area contributed by atoms with Gasteiger partial charge >= 0.3 is 0 Å². The Hall–Kier alpha value is -1.51. The predicted octanol–water partition coefficient (Wildman–Crippen LogP) is 5.04. The van der Waals surface area contributed by atoms with Crippen molar-refractivity contribution < 1.29 is 0 Å². The zero-order valence-electron chi connectivity index (χ0n) is 15.6. The molecular weight excluding hydrogens is 270 g/mol. The monoisotopic (exact) mass is 301 g/mol. The van der Waals surface area contributed by atoms with Gasteiger partial charge in [-0.1, -0.05) is 62.3 Å². The first-order chi connectivity index (χ1) is 9.74. The molecule has 0 aliphatic heterocycles. The molecule has 0 aromatic carbocycles. The SMILES string of the molecule is CC(C)(C)c1cnc(N)c2c(C(C)(C)C)[nH]c(C(C)(C)C)c12. The molecule has 0 atom stereocenters. The van der Waals surface area contributed by atoms with Gasteiger partial charge in [-0.2, -0.15) is 0 Å². The highest BCUT2D eigenvalue weighted by Gasteiger charge is 2.31. The van der Waals surface area contributed by atoms with Gasteiger partial charge in [0, 0.05) is 39.2 Å². The van der Waals surface area contributed by atoms with Crippen molar-refractivity contribution in [2.75, 3.05) is 5.73 Å². The summed E-state index contributed by atoms with van der Waals surface area (Å²) in [6.45, 7) is 20.1. The lowest BCUT2D eigenvalue weighted by molar-refractivity contribution is 0.545. The van der Waals surface area contributed by atoms with Gasteiger partial charge < -0.3 is 10.7 Å². The van der Waals surface area contributed by atoms with Crippen LogP contribution in [-0.4, -0.2) is 9.97 Å². The normalized spacial score (nSPS) is 13.9. The van der Waals surface area contributed by atoms with Crippen molar-refractivity contribution in [2.45, 2.75) is 78.6 Å². The summed E-state index contributed by atoms with van der Waals surface area (Å²) in [5.41, 5.74) is 10.0. The smallest absolute Gasteiger partial charge is 0.133 e. The van der Waals surface area contributed by atoms with E-state index in [4.69, 9.17) is 5.73 Å². The minimum atomic E-state index is -0.00590. The highest BCUT2D eigenvalue weighted by Crippen LogP contribution is 2.43. The number of hydrogen-bond donors (Lipinski definition) is 2. The summed E-state index contributed by atoms with van der Waals surface area (Å²) in [6, 6.07) is 0. The molecule has 0 radical (unpaired) electrons. The zero-order chi connectivity index (χ0) is 17.1. The van der Waals surface area contributed by atoms with Crippen LogP contribution in [0.2, 0.25) is 0 Å². The summed E-state index contributed by atoms with van der Waals surface area (Å²) in [5.74, 6) is 0.625. The van der Waals surface area contributed by atoms with Gasteiger partial charge in [0.25, 0.3) is 0 Å². The Morgan fingerprint density at radius 3 is 1.64 bits per heavy atom. The number of fused-ring (bicyclic) bond motifs is 1. The van der Waals surface area contributed by atoms with E-state index >= 15 is 0 Å². The average molecular weight is 301 g/mol. The number of pyridine rings is 1. The zero-order valence-corrected chi connectivity index (χ0v) is 15.6. The van der Waals surface area contributed by atoms with Crippen LogP contribution < -0.4 is 5.73 Å². The lowest BCUT2D eigenvalue weighted by Gasteiger charge is -2.24. The second-order valence-electron chi connectivity index (χ2n) is 9.43. The molecule has 0 saturated heterocycles. The fourth-order valence-electron chi connectivity index (χ4n) is 2.98. The maximum atomic E-state index is 6.29. The molecule has 0 aliphatic rings.